The first-order valence-electron chi connectivity index (χ1n) is 6.64. The highest BCUT2D eigenvalue weighted by molar-refractivity contribution is 5.80. The lowest BCUT2D eigenvalue weighted by Gasteiger charge is -2.13. The third kappa shape index (κ3) is 1.28. The molecule has 2 unspecified atom stereocenters. The first-order valence-corrected chi connectivity index (χ1v) is 6.64. The number of nitrogens with one attached hydrogen (secondary N) is 1. The summed E-state index contributed by atoms with van der Waals surface area (Å²) in [5.74, 6) is 2.46. The lowest BCUT2D eigenvalue weighted by atomic mass is 10.0. The van der Waals surface area contributed by atoms with Gasteiger partial charge < -0.3 is 5.32 Å². The highest BCUT2D eigenvalue weighted by Gasteiger charge is 2.65. The topological polar surface area (TPSA) is 29.1 Å². The van der Waals surface area contributed by atoms with Crippen molar-refractivity contribution in [2.24, 2.45) is 28.6 Å². The van der Waals surface area contributed by atoms with Crippen LogP contribution in [0.3, 0.4) is 0 Å². The second-order valence-electron chi connectivity index (χ2n) is 7.31. The summed E-state index contributed by atoms with van der Waals surface area (Å²) in [7, 11) is 0. The van der Waals surface area contributed by atoms with Crippen molar-refractivity contribution in [2.45, 2.75) is 53.0 Å². The molecule has 1 N–H and O–H groups in total. The van der Waals surface area contributed by atoms with E-state index in [0.29, 0.717) is 17.9 Å². The molecular weight excluding hydrogens is 198 g/mol. The van der Waals surface area contributed by atoms with E-state index in [4.69, 9.17) is 0 Å². The van der Waals surface area contributed by atoms with Crippen LogP contribution in [-0.2, 0) is 4.79 Å². The van der Waals surface area contributed by atoms with Gasteiger partial charge in [-0.2, -0.15) is 0 Å². The average molecular weight is 221 g/mol. The Balaban J connectivity index is 1.58. The highest BCUT2D eigenvalue weighted by Crippen LogP contribution is 2.63. The van der Waals surface area contributed by atoms with Crippen LogP contribution < -0.4 is 5.32 Å². The summed E-state index contributed by atoms with van der Waals surface area (Å²) in [5, 5.41) is 3.28. The van der Waals surface area contributed by atoms with Crippen LogP contribution in [0.25, 0.3) is 0 Å². The summed E-state index contributed by atoms with van der Waals surface area (Å²) < 4.78 is 0. The molecule has 3 saturated carbocycles. The zero-order valence-electron chi connectivity index (χ0n) is 10.8. The first-order chi connectivity index (χ1) is 7.34. The Kier molecular flexibility index (Phi) is 1.88. The lowest BCUT2D eigenvalue weighted by Crippen LogP contribution is -2.34. The molecule has 0 aromatic heterocycles. The third-order valence-electron chi connectivity index (χ3n) is 5.92. The highest BCUT2D eigenvalue weighted by atomic mass is 16.2. The maximum Gasteiger partial charge on any atom is 0.223 e. The average Bonchev–Trinajstić information content (AvgIpc) is 2.92. The molecule has 0 heterocycles. The van der Waals surface area contributed by atoms with Crippen LogP contribution >= 0.6 is 0 Å². The molecule has 0 aliphatic heterocycles. The van der Waals surface area contributed by atoms with Gasteiger partial charge >= 0.3 is 0 Å². The number of amides is 1. The van der Waals surface area contributed by atoms with E-state index in [-0.39, 0.29) is 10.8 Å². The normalized spacial score (nSPS) is 42.6. The van der Waals surface area contributed by atoms with E-state index in [9.17, 15) is 4.79 Å². The zero-order valence-corrected chi connectivity index (χ0v) is 10.8. The molecule has 2 heteroatoms. The number of rotatable bonds is 2. The van der Waals surface area contributed by atoms with E-state index in [1.807, 2.05) is 0 Å². The van der Waals surface area contributed by atoms with Gasteiger partial charge in [0.15, 0.2) is 0 Å². The minimum Gasteiger partial charge on any atom is -0.352 e. The Morgan fingerprint density at radius 2 is 1.50 bits per heavy atom. The molecule has 3 aliphatic carbocycles. The second kappa shape index (κ2) is 2.83. The zero-order chi connectivity index (χ0) is 11.7. The molecule has 16 heavy (non-hydrogen) atoms. The van der Waals surface area contributed by atoms with Gasteiger partial charge in [-0.15, -0.1) is 0 Å². The summed E-state index contributed by atoms with van der Waals surface area (Å²) in [4.78, 5) is 12.1. The van der Waals surface area contributed by atoms with Gasteiger partial charge in [-0.25, -0.2) is 0 Å². The fourth-order valence-corrected chi connectivity index (χ4v) is 3.75. The maximum absolute atomic E-state index is 12.1. The predicted octanol–water partition coefficient (Wildman–Crippen LogP) is 2.58. The van der Waals surface area contributed by atoms with Crippen molar-refractivity contribution < 1.29 is 4.79 Å². The quantitative estimate of drug-likeness (QED) is 0.763. The Bertz CT molecular complexity index is 321. The van der Waals surface area contributed by atoms with Gasteiger partial charge in [0.2, 0.25) is 5.91 Å². The standard InChI is InChI=1S/C14H23NO/c1-13(2)12(14(13,3)4)15-11(16)10-6-8-5-9(8)7-10/h8-10,12H,5-7H2,1-4H3,(H,15,16). The molecule has 2 atom stereocenters. The summed E-state index contributed by atoms with van der Waals surface area (Å²) in [6, 6.07) is 0.379. The van der Waals surface area contributed by atoms with E-state index in [0.717, 1.165) is 24.7 Å². The summed E-state index contributed by atoms with van der Waals surface area (Å²) in [5.41, 5.74) is 0.536. The van der Waals surface area contributed by atoms with E-state index in [2.05, 4.69) is 33.0 Å². The van der Waals surface area contributed by atoms with Crippen molar-refractivity contribution in [1.82, 2.24) is 5.32 Å². The molecule has 2 nitrogen and oxygen atoms in total. The van der Waals surface area contributed by atoms with Gasteiger partial charge in [0.25, 0.3) is 0 Å². The van der Waals surface area contributed by atoms with Gasteiger partial charge in [0, 0.05) is 12.0 Å². The summed E-state index contributed by atoms with van der Waals surface area (Å²) in [6.07, 6.45) is 3.71. The molecule has 90 valence electrons. The Labute approximate surface area is 98.2 Å². The van der Waals surface area contributed by atoms with Crippen LogP contribution in [0.5, 0.6) is 0 Å². The lowest BCUT2D eigenvalue weighted by molar-refractivity contribution is -0.125. The molecule has 3 fully saturated rings. The number of fused-ring (bicyclic) bond motifs is 1. The molecular formula is C14H23NO. The van der Waals surface area contributed by atoms with E-state index in [1.165, 1.54) is 6.42 Å². The minimum atomic E-state index is 0.268. The molecule has 3 rings (SSSR count). The molecule has 0 radical (unpaired) electrons. The van der Waals surface area contributed by atoms with Gasteiger partial charge in [0.05, 0.1) is 0 Å². The van der Waals surface area contributed by atoms with E-state index >= 15 is 0 Å². The number of hydrogen-bond acceptors (Lipinski definition) is 1. The first kappa shape index (κ1) is 10.6. The molecule has 0 saturated heterocycles. The molecule has 0 spiro atoms. The monoisotopic (exact) mass is 221 g/mol. The van der Waals surface area contributed by atoms with Crippen LogP contribution in [-0.4, -0.2) is 11.9 Å². The van der Waals surface area contributed by atoms with Crippen molar-refractivity contribution in [3.05, 3.63) is 0 Å². The van der Waals surface area contributed by atoms with Crippen LogP contribution in [0.15, 0.2) is 0 Å². The van der Waals surface area contributed by atoms with Crippen molar-refractivity contribution in [1.29, 1.82) is 0 Å². The largest absolute Gasteiger partial charge is 0.352 e. The van der Waals surface area contributed by atoms with E-state index in [1.54, 1.807) is 0 Å². The third-order valence-corrected chi connectivity index (χ3v) is 5.92. The van der Waals surface area contributed by atoms with Crippen molar-refractivity contribution >= 4 is 5.91 Å². The van der Waals surface area contributed by atoms with Crippen LogP contribution in [0.2, 0.25) is 0 Å². The number of carbonyl (C=O) groups is 1. The van der Waals surface area contributed by atoms with Crippen LogP contribution in [0.4, 0.5) is 0 Å². The summed E-state index contributed by atoms with van der Waals surface area (Å²) in [6.45, 7) is 9.02. The molecule has 0 aromatic rings. The SMILES string of the molecule is CC1(C)C(NC(=O)C2CC3CC3C2)C1(C)C. The smallest absolute Gasteiger partial charge is 0.223 e. The van der Waals surface area contributed by atoms with E-state index < -0.39 is 0 Å². The summed E-state index contributed by atoms with van der Waals surface area (Å²) >= 11 is 0. The Morgan fingerprint density at radius 3 is 1.94 bits per heavy atom. The fraction of sp³-hybridized carbons (Fsp3) is 0.929. The Morgan fingerprint density at radius 1 is 1.00 bits per heavy atom. The van der Waals surface area contributed by atoms with Crippen LogP contribution in [0, 0.1) is 28.6 Å². The maximum atomic E-state index is 12.1. The number of hydrogen-bond donors (Lipinski definition) is 1. The molecule has 0 aromatic carbocycles. The van der Waals surface area contributed by atoms with Gasteiger partial charge in [0.1, 0.15) is 0 Å². The van der Waals surface area contributed by atoms with Gasteiger partial charge in [-0.1, -0.05) is 27.7 Å². The minimum absolute atomic E-state index is 0.268. The molecule has 0 bridgehead atoms. The van der Waals surface area contributed by atoms with Crippen molar-refractivity contribution in [3.8, 4) is 0 Å². The molecule has 1 amide bonds. The van der Waals surface area contributed by atoms with Crippen molar-refractivity contribution in [2.75, 3.05) is 0 Å². The van der Waals surface area contributed by atoms with Gasteiger partial charge in [-0.05, 0) is 41.9 Å². The predicted molar refractivity (Wildman–Crippen MR) is 63.8 cm³/mol. The van der Waals surface area contributed by atoms with Gasteiger partial charge in [-0.3, -0.25) is 4.79 Å². The molecule has 3 aliphatic rings. The second-order valence-corrected chi connectivity index (χ2v) is 7.31. The van der Waals surface area contributed by atoms with Crippen LogP contribution in [0.1, 0.15) is 47.0 Å². The number of carbonyl (C=O) groups excluding carboxylic acids is 1. The van der Waals surface area contributed by atoms with Crippen molar-refractivity contribution in [3.63, 3.8) is 0 Å². The fourth-order valence-electron chi connectivity index (χ4n) is 3.75. The Hall–Kier alpha value is -0.530.